The molecule has 0 saturated carbocycles. The molecule has 2 aromatic carbocycles. The first-order chi connectivity index (χ1) is 16.0. The van der Waals surface area contributed by atoms with Gasteiger partial charge in [-0.15, -0.1) is 0 Å². The molecule has 0 radical (unpaired) electrons. The summed E-state index contributed by atoms with van der Waals surface area (Å²) in [6.45, 7) is 4.42. The molecule has 0 fully saturated rings. The number of esters is 1. The topological polar surface area (TPSA) is 100 Å². The Bertz CT molecular complexity index is 1180. The van der Waals surface area contributed by atoms with Crippen LogP contribution in [0, 0.1) is 0 Å². The fraction of sp³-hybridized carbons (Fsp3) is 0.304. The Morgan fingerprint density at radius 1 is 1.18 bits per heavy atom. The van der Waals surface area contributed by atoms with Crippen LogP contribution in [-0.2, 0) is 16.1 Å². The van der Waals surface area contributed by atoms with Gasteiger partial charge in [-0.05, 0) is 59.2 Å². The third-order valence-corrected chi connectivity index (χ3v) is 5.43. The summed E-state index contributed by atoms with van der Waals surface area (Å²) >= 11 is 5.95. The van der Waals surface area contributed by atoms with Gasteiger partial charge in [-0.2, -0.15) is 4.68 Å². The normalized spacial score (nSPS) is 15.0. The second kappa shape index (κ2) is 9.91. The molecule has 1 aliphatic heterocycles. The van der Waals surface area contributed by atoms with E-state index in [0.29, 0.717) is 47.0 Å². The van der Waals surface area contributed by atoms with Crippen LogP contribution in [0.25, 0.3) is 0 Å². The standard InChI is InChI=1S/C23H24ClN5O4/c1-4-11-32-22(30)20-14(2)25-23-26-27-28-29(23)21(20)16-7-10-18(19(12-16)31-3)33-13-15-5-8-17(24)9-6-15/h5-10,12,21H,4,11,13H2,1-3H3,(H,25,26,28). The lowest BCUT2D eigenvalue weighted by Gasteiger charge is -2.27. The lowest BCUT2D eigenvalue weighted by Crippen LogP contribution is -2.29. The number of hydrogen-bond donors (Lipinski definition) is 1. The quantitative estimate of drug-likeness (QED) is 0.491. The number of halogens is 1. The van der Waals surface area contributed by atoms with Crippen LogP contribution in [0.3, 0.4) is 0 Å². The minimum absolute atomic E-state index is 0.325. The number of benzene rings is 2. The van der Waals surface area contributed by atoms with E-state index in [1.54, 1.807) is 24.8 Å². The zero-order valence-electron chi connectivity index (χ0n) is 18.5. The summed E-state index contributed by atoms with van der Waals surface area (Å²) < 4.78 is 18.5. The van der Waals surface area contributed by atoms with Crippen LogP contribution in [-0.4, -0.2) is 39.9 Å². The number of rotatable bonds is 8. The number of fused-ring (bicyclic) bond motifs is 1. The van der Waals surface area contributed by atoms with E-state index >= 15 is 0 Å². The number of hydrogen-bond acceptors (Lipinski definition) is 8. The second-order valence-corrected chi connectivity index (χ2v) is 7.91. The molecular weight excluding hydrogens is 446 g/mol. The van der Waals surface area contributed by atoms with Gasteiger partial charge in [-0.25, -0.2) is 4.79 Å². The van der Waals surface area contributed by atoms with Gasteiger partial charge < -0.3 is 19.5 Å². The molecule has 1 unspecified atom stereocenters. The van der Waals surface area contributed by atoms with Crippen LogP contribution < -0.4 is 14.8 Å². The van der Waals surface area contributed by atoms with Crippen LogP contribution in [0.4, 0.5) is 5.95 Å². The first-order valence-corrected chi connectivity index (χ1v) is 10.9. The first-order valence-electron chi connectivity index (χ1n) is 10.5. The summed E-state index contributed by atoms with van der Waals surface area (Å²) in [5, 5.41) is 15.6. The number of allylic oxidation sites excluding steroid dienone is 1. The number of ether oxygens (including phenoxy) is 3. The minimum atomic E-state index is -0.583. The third kappa shape index (κ3) is 4.78. The Morgan fingerprint density at radius 2 is 1.97 bits per heavy atom. The van der Waals surface area contributed by atoms with Crippen molar-refractivity contribution in [3.63, 3.8) is 0 Å². The molecule has 0 spiro atoms. The zero-order chi connectivity index (χ0) is 23.4. The van der Waals surface area contributed by atoms with E-state index in [1.165, 1.54) is 0 Å². The number of anilines is 1. The highest BCUT2D eigenvalue weighted by atomic mass is 35.5. The molecule has 0 saturated heterocycles. The van der Waals surface area contributed by atoms with Gasteiger partial charge in [0, 0.05) is 10.7 Å². The molecule has 4 rings (SSSR count). The van der Waals surface area contributed by atoms with Crippen molar-refractivity contribution in [1.29, 1.82) is 0 Å². The summed E-state index contributed by atoms with van der Waals surface area (Å²) in [4.78, 5) is 12.9. The maximum atomic E-state index is 12.9. The van der Waals surface area contributed by atoms with Gasteiger partial charge in [0.1, 0.15) is 12.6 Å². The van der Waals surface area contributed by atoms with Crippen LogP contribution in [0.2, 0.25) is 5.02 Å². The van der Waals surface area contributed by atoms with Gasteiger partial charge in [0.25, 0.3) is 0 Å². The number of aromatic nitrogens is 4. The molecular formula is C23H24ClN5O4. The van der Waals surface area contributed by atoms with Crippen LogP contribution in [0.5, 0.6) is 11.5 Å². The van der Waals surface area contributed by atoms with E-state index in [4.69, 9.17) is 25.8 Å². The summed E-state index contributed by atoms with van der Waals surface area (Å²) in [6.07, 6.45) is 0.722. The van der Waals surface area contributed by atoms with Gasteiger partial charge in [0.2, 0.25) is 5.95 Å². The zero-order valence-corrected chi connectivity index (χ0v) is 19.3. The third-order valence-electron chi connectivity index (χ3n) is 5.18. The van der Waals surface area contributed by atoms with Gasteiger partial charge in [-0.1, -0.05) is 41.8 Å². The Morgan fingerprint density at radius 3 is 2.70 bits per heavy atom. The number of carbonyl (C=O) groups excluding carboxylic acids is 1. The summed E-state index contributed by atoms with van der Waals surface area (Å²) in [5.41, 5.74) is 2.79. The van der Waals surface area contributed by atoms with Crippen molar-refractivity contribution >= 4 is 23.5 Å². The average Bonchev–Trinajstić information content (AvgIpc) is 3.29. The molecule has 0 amide bonds. The van der Waals surface area contributed by atoms with Crippen molar-refractivity contribution in [2.75, 3.05) is 19.0 Å². The fourth-order valence-corrected chi connectivity index (χ4v) is 3.70. The smallest absolute Gasteiger partial charge is 0.338 e. The van der Waals surface area contributed by atoms with Crippen molar-refractivity contribution in [2.24, 2.45) is 0 Å². The monoisotopic (exact) mass is 469 g/mol. The highest BCUT2D eigenvalue weighted by Crippen LogP contribution is 2.38. The van der Waals surface area contributed by atoms with Crippen LogP contribution in [0.15, 0.2) is 53.7 Å². The van der Waals surface area contributed by atoms with Crippen molar-refractivity contribution in [2.45, 2.75) is 32.9 Å². The molecule has 9 nitrogen and oxygen atoms in total. The highest BCUT2D eigenvalue weighted by molar-refractivity contribution is 6.30. The first kappa shape index (κ1) is 22.6. The second-order valence-electron chi connectivity index (χ2n) is 7.47. The van der Waals surface area contributed by atoms with Gasteiger partial charge in [0.15, 0.2) is 11.5 Å². The predicted octanol–water partition coefficient (Wildman–Crippen LogP) is 4.16. The van der Waals surface area contributed by atoms with E-state index in [-0.39, 0.29) is 0 Å². The molecule has 1 aliphatic rings. The highest BCUT2D eigenvalue weighted by Gasteiger charge is 2.35. The molecule has 1 aromatic heterocycles. The van der Waals surface area contributed by atoms with E-state index in [1.807, 2.05) is 43.3 Å². The average molecular weight is 470 g/mol. The molecule has 1 N–H and O–H groups in total. The van der Waals surface area contributed by atoms with E-state index in [2.05, 4.69) is 20.8 Å². The van der Waals surface area contributed by atoms with Crippen molar-refractivity contribution in [3.05, 3.63) is 69.9 Å². The van der Waals surface area contributed by atoms with E-state index < -0.39 is 12.0 Å². The number of nitrogens with one attached hydrogen (secondary N) is 1. The number of methoxy groups -OCH3 is 1. The van der Waals surface area contributed by atoms with Crippen molar-refractivity contribution in [3.8, 4) is 11.5 Å². The number of carbonyl (C=O) groups is 1. The molecule has 1 atom stereocenters. The predicted molar refractivity (Wildman–Crippen MR) is 122 cm³/mol. The molecule has 33 heavy (non-hydrogen) atoms. The van der Waals surface area contributed by atoms with Gasteiger partial charge >= 0.3 is 5.97 Å². The van der Waals surface area contributed by atoms with Crippen LogP contribution >= 0.6 is 11.6 Å². The molecule has 0 bridgehead atoms. The maximum Gasteiger partial charge on any atom is 0.338 e. The molecule has 2 heterocycles. The Hall–Kier alpha value is -3.59. The lowest BCUT2D eigenvalue weighted by molar-refractivity contribution is -0.139. The summed E-state index contributed by atoms with van der Waals surface area (Å²) in [6, 6.07) is 12.3. The van der Waals surface area contributed by atoms with E-state index in [0.717, 1.165) is 17.5 Å². The van der Waals surface area contributed by atoms with Crippen LogP contribution in [0.1, 0.15) is 37.4 Å². The SMILES string of the molecule is CCCOC(=O)C1=C(C)Nc2nnnn2C1c1ccc(OCc2ccc(Cl)cc2)c(OC)c1. The largest absolute Gasteiger partial charge is 0.493 e. The Labute approximate surface area is 196 Å². The van der Waals surface area contributed by atoms with E-state index in [9.17, 15) is 4.79 Å². The number of tetrazole rings is 1. The van der Waals surface area contributed by atoms with Gasteiger partial charge in [0.05, 0.1) is 19.3 Å². The molecule has 10 heteroatoms. The number of nitrogens with zero attached hydrogens (tertiary/aromatic N) is 4. The lowest BCUT2D eigenvalue weighted by atomic mass is 9.95. The van der Waals surface area contributed by atoms with Gasteiger partial charge in [-0.3, -0.25) is 0 Å². The summed E-state index contributed by atoms with van der Waals surface area (Å²) in [5.74, 6) is 1.10. The fourth-order valence-electron chi connectivity index (χ4n) is 3.57. The molecule has 3 aromatic rings. The van der Waals surface area contributed by atoms with Crippen molar-refractivity contribution in [1.82, 2.24) is 20.2 Å². The van der Waals surface area contributed by atoms with Crippen molar-refractivity contribution < 1.29 is 19.0 Å². The molecule has 172 valence electrons. The molecule has 0 aliphatic carbocycles. The minimum Gasteiger partial charge on any atom is -0.493 e. The maximum absolute atomic E-state index is 12.9. The summed E-state index contributed by atoms with van der Waals surface area (Å²) in [7, 11) is 1.57. The Kier molecular flexibility index (Phi) is 6.79. The Balaban J connectivity index is 1.66.